The molecule has 7 heteroatoms. The van der Waals surface area contributed by atoms with Crippen molar-refractivity contribution in [1.29, 1.82) is 0 Å². The summed E-state index contributed by atoms with van der Waals surface area (Å²) in [5, 5.41) is 3.95. The van der Waals surface area contributed by atoms with Crippen LogP contribution in [0.2, 0.25) is 0 Å². The van der Waals surface area contributed by atoms with Gasteiger partial charge in [0.1, 0.15) is 0 Å². The highest BCUT2D eigenvalue weighted by atomic mass is 16.5. The number of hydrogen-bond donors (Lipinski definition) is 0. The van der Waals surface area contributed by atoms with Crippen molar-refractivity contribution in [2.24, 2.45) is 0 Å². The normalized spacial score (nSPS) is 20.6. The number of fused-ring (bicyclic) bond motifs is 1. The van der Waals surface area contributed by atoms with Crippen molar-refractivity contribution in [3.63, 3.8) is 0 Å². The van der Waals surface area contributed by atoms with E-state index in [0.29, 0.717) is 5.82 Å². The second-order valence-electron chi connectivity index (χ2n) is 7.52. The first kappa shape index (κ1) is 16.5. The van der Waals surface area contributed by atoms with Gasteiger partial charge in [-0.05, 0) is 44.7 Å². The first-order valence-corrected chi connectivity index (χ1v) is 9.85. The molecular formula is C20H24N6O. The zero-order valence-electron chi connectivity index (χ0n) is 15.6. The quantitative estimate of drug-likeness (QED) is 0.706. The first-order chi connectivity index (χ1) is 13.3. The van der Waals surface area contributed by atoms with Crippen molar-refractivity contribution >= 4 is 22.7 Å². The second-order valence-corrected chi connectivity index (χ2v) is 7.52. The number of rotatable bonds is 3. The third-order valence-electron chi connectivity index (χ3n) is 5.57. The highest BCUT2D eigenvalue weighted by Crippen LogP contribution is 2.35. The molecule has 0 radical (unpaired) electrons. The molecule has 7 nitrogen and oxygen atoms in total. The van der Waals surface area contributed by atoms with Crippen LogP contribution in [-0.2, 0) is 0 Å². The van der Waals surface area contributed by atoms with Crippen LogP contribution in [0, 0.1) is 6.92 Å². The third-order valence-corrected chi connectivity index (χ3v) is 5.57. The maximum absolute atomic E-state index is 5.41. The van der Waals surface area contributed by atoms with E-state index in [4.69, 9.17) is 14.5 Å². The summed E-state index contributed by atoms with van der Waals surface area (Å²) in [5.41, 5.74) is 1.91. The minimum Gasteiger partial charge on any atom is -0.354 e. The molecule has 0 amide bonds. The summed E-state index contributed by atoms with van der Waals surface area (Å²) >= 11 is 0. The molecular weight excluding hydrogens is 340 g/mol. The lowest BCUT2D eigenvalue weighted by molar-refractivity contribution is 0.356. The molecule has 5 rings (SSSR count). The zero-order valence-corrected chi connectivity index (χ0v) is 15.6. The molecule has 0 saturated carbocycles. The van der Waals surface area contributed by atoms with Crippen LogP contribution >= 0.6 is 0 Å². The first-order valence-electron chi connectivity index (χ1n) is 9.85. The van der Waals surface area contributed by atoms with Crippen LogP contribution in [0.1, 0.15) is 43.3 Å². The number of aryl methyl sites for hydroxylation is 1. The SMILES string of the molecule is Cc1noc(C2CCN(c3nc4ccccc4nc3N3CCCCC3)C2)n1. The summed E-state index contributed by atoms with van der Waals surface area (Å²) in [4.78, 5) is 19.2. The van der Waals surface area contributed by atoms with Gasteiger partial charge in [-0.2, -0.15) is 4.98 Å². The average molecular weight is 364 g/mol. The van der Waals surface area contributed by atoms with E-state index in [2.05, 4.69) is 19.9 Å². The highest BCUT2D eigenvalue weighted by Gasteiger charge is 2.32. The lowest BCUT2D eigenvalue weighted by Gasteiger charge is -2.31. The summed E-state index contributed by atoms with van der Waals surface area (Å²) in [5.74, 6) is 3.71. The van der Waals surface area contributed by atoms with Crippen molar-refractivity contribution in [2.75, 3.05) is 36.0 Å². The Balaban J connectivity index is 1.51. The van der Waals surface area contributed by atoms with E-state index < -0.39 is 0 Å². The largest absolute Gasteiger partial charge is 0.354 e. The number of nitrogens with zero attached hydrogens (tertiary/aromatic N) is 6. The number of hydrogen-bond acceptors (Lipinski definition) is 7. The molecule has 0 N–H and O–H groups in total. The van der Waals surface area contributed by atoms with Crippen LogP contribution in [0.15, 0.2) is 28.8 Å². The van der Waals surface area contributed by atoms with Gasteiger partial charge < -0.3 is 14.3 Å². The van der Waals surface area contributed by atoms with Gasteiger partial charge in [0.15, 0.2) is 17.5 Å². The minimum absolute atomic E-state index is 0.258. The fraction of sp³-hybridized carbons (Fsp3) is 0.500. The van der Waals surface area contributed by atoms with E-state index in [1.165, 1.54) is 19.3 Å². The molecule has 1 aromatic carbocycles. The maximum atomic E-state index is 5.41. The Morgan fingerprint density at radius 1 is 0.889 bits per heavy atom. The smallest absolute Gasteiger partial charge is 0.231 e. The van der Waals surface area contributed by atoms with Crippen molar-refractivity contribution in [1.82, 2.24) is 20.1 Å². The maximum Gasteiger partial charge on any atom is 0.231 e. The highest BCUT2D eigenvalue weighted by molar-refractivity contribution is 5.81. The Bertz CT molecular complexity index is 949. The van der Waals surface area contributed by atoms with Crippen LogP contribution in [-0.4, -0.2) is 46.3 Å². The zero-order chi connectivity index (χ0) is 18.2. The van der Waals surface area contributed by atoms with E-state index in [1.54, 1.807) is 0 Å². The number of piperidine rings is 1. The van der Waals surface area contributed by atoms with E-state index in [0.717, 1.165) is 61.2 Å². The van der Waals surface area contributed by atoms with Gasteiger partial charge in [0.25, 0.3) is 0 Å². The van der Waals surface area contributed by atoms with Gasteiger partial charge >= 0.3 is 0 Å². The van der Waals surface area contributed by atoms with Gasteiger partial charge in [0.2, 0.25) is 5.89 Å². The van der Waals surface area contributed by atoms with Crippen LogP contribution in [0.5, 0.6) is 0 Å². The van der Waals surface area contributed by atoms with Crippen LogP contribution in [0.25, 0.3) is 11.0 Å². The molecule has 0 spiro atoms. The summed E-state index contributed by atoms with van der Waals surface area (Å²) < 4.78 is 5.41. The third kappa shape index (κ3) is 3.11. The standard InChI is InChI=1S/C20H24N6O/c1-14-21-20(27-24-14)15-9-12-26(13-15)19-18(25-10-5-2-6-11-25)22-16-7-3-4-8-17(16)23-19/h3-4,7-8,15H,2,5-6,9-13H2,1H3. The molecule has 1 unspecified atom stereocenters. The molecule has 2 aliphatic rings. The Hall–Kier alpha value is -2.70. The van der Waals surface area contributed by atoms with Gasteiger partial charge in [0, 0.05) is 26.2 Å². The predicted octanol–water partition coefficient (Wildman–Crippen LogP) is 3.31. The monoisotopic (exact) mass is 364 g/mol. The minimum atomic E-state index is 0.258. The Kier molecular flexibility index (Phi) is 4.14. The molecule has 3 aromatic rings. The summed E-state index contributed by atoms with van der Waals surface area (Å²) in [6.45, 7) is 5.75. The van der Waals surface area contributed by atoms with Crippen LogP contribution < -0.4 is 9.80 Å². The Morgan fingerprint density at radius 2 is 1.59 bits per heavy atom. The van der Waals surface area contributed by atoms with Crippen molar-refractivity contribution in [3.05, 3.63) is 36.0 Å². The van der Waals surface area contributed by atoms with Gasteiger partial charge in [-0.3, -0.25) is 0 Å². The van der Waals surface area contributed by atoms with Gasteiger partial charge in [-0.1, -0.05) is 17.3 Å². The van der Waals surface area contributed by atoms with Crippen LogP contribution in [0.4, 0.5) is 11.6 Å². The summed E-state index contributed by atoms with van der Waals surface area (Å²) in [6.07, 6.45) is 4.74. The Morgan fingerprint density at radius 3 is 2.26 bits per heavy atom. The lowest BCUT2D eigenvalue weighted by Crippen LogP contribution is -2.33. The number of para-hydroxylation sites is 2. The number of anilines is 2. The Labute approximate surface area is 158 Å². The van der Waals surface area contributed by atoms with Crippen molar-refractivity contribution in [3.8, 4) is 0 Å². The second kappa shape index (κ2) is 6.79. The number of aromatic nitrogens is 4. The topological polar surface area (TPSA) is 71.2 Å². The molecule has 2 aliphatic heterocycles. The molecule has 140 valence electrons. The van der Waals surface area contributed by atoms with Gasteiger partial charge in [0.05, 0.1) is 17.0 Å². The average Bonchev–Trinajstić information content (AvgIpc) is 3.37. The molecule has 0 bridgehead atoms. The van der Waals surface area contributed by atoms with E-state index >= 15 is 0 Å². The fourth-order valence-electron chi connectivity index (χ4n) is 4.14. The van der Waals surface area contributed by atoms with Gasteiger partial charge in [-0.15, -0.1) is 0 Å². The molecule has 2 saturated heterocycles. The van der Waals surface area contributed by atoms with Crippen molar-refractivity contribution in [2.45, 2.75) is 38.5 Å². The molecule has 27 heavy (non-hydrogen) atoms. The lowest BCUT2D eigenvalue weighted by atomic mass is 10.1. The summed E-state index contributed by atoms with van der Waals surface area (Å²) in [6, 6.07) is 8.14. The van der Waals surface area contributed by atoms with E-state index in [-0.39, 0.29) is 5.92 Å². The summed E-state index contributed by atoms with van der Waals surface area (Å²) in [7, 11) is 0. The predicted molar refractivity (Wildman–Crippen MR) is 104 cm³/mol. The van der Waals surface area contributed by atoms with Crippen LogP contribution in [0.3, 0.4) is 0 Å². The molecule has 1 atom stereocenters. The molecule has 0 aliphatic carbocycles. The van der Waals surface area contributed by atoms with E-state index in [1.807, 2.05) is 31.2 Å². The molecule has 2 aromatic heterocycles. The molecule has 2 fully saturated rings. The van der Waals surface area contributed by atoms with E-state index in [9.17, 15) is 0 Å². The van der Waals surface area contributed by atoms with Gasteiger partial charge in [-0.25, -0.2) is 9.97 Å². The molecule has 4 heterocycles. The van der Waals surface area contributed by atoms with Crippen molar-refractivity contribution < 1.29 is 4.52 Å². The fourth-order valence-corrected chi connectivity index (χ4v) is 4.14. The number of benzene rings is 1.